The van der Waals surface area contributed by atoms with E-state index in [4.69, 9.17) is 9.47 Å². The average Bonchev–Trinajstić information content (AvgIpc) is 2.73. The third kappa shape index (κ3) is 7.21. The Hall–Kier alpha value is -3.40. The number of rotatable bonds is 8. The van der Waals surface area contributed by atoms with E-state index in [0.29, 0.717) is 29.3 Å². The molecule has 10 heteroatoms. The molecular formula is C20H21BrN4O5. The molecule has 30 heavy (non-hydrogen) atoms. The summed E-state index contributed by atoms with van der Waals surface area (Å²) in [5.74, 6) is -0.961. The number of nitrogens with zero attached hydrogens (tertiary/aromatic N) is 1. The number of amides is 3. The summed E-state index contributed by atoms with van der Waals surface area (Å²) in [5.41, 5.74) is 3.23. The summed E-state index contributed by atoms with van der Waals surface area (Å²) < 4.78 is 11.4. The topological polar surface area (TPSA) is 118 Å². The molecule has 2 aromatic carbocycles. The van der Waals surface area contributed by atoms with E-state index >= 15 is 0 Å². The Morgan fingerprint density at radius 1 is 1.10 bits per heavy atom. The monoisotopic (exact) mass is 476 g/mol. The van der Waals surface area contributed by atoms with Gasteiger partial charge in [0.15, 0.2) is 6.61 Å². The molecule has 3 N–H and O–H groups in total. The SMILES string of the molecule is CCNC(=O)C(=O)N/N=C\c1cc(Br)ccc1OCC(=O)Nc1ccc(OC)cc1. The lowest BCUT2D eigenvalue weighted by molar-refractivity contribution is -0.139. The number of hydrogen-bond donors (Lipinski definition) is 3. The first-order chi connectivity index (χ1) is 14.4. The molecule has 0 unspecified atom stereocenters. The van der Waals surface area contributed by atoms with Crippen molar-refractivity contribution in [3.63, 3.8) is 0 Å². The highest BCUT2D eigenvalue weighted by atomic mass is 79.9. The fraction of sp³-hybridized carbons (Fsp3) is 0.200. The number of anilines is 1. The molecule has 0 aromatic heterocycles. The van der Waals surface area contributed by atoms with E-state index in [1.807, 2.05) is 0 Å². The summed E-state index contributed by atoms with van der Waals surface area (Å²) in [6.45, 7) is 1.79. The molecule has 0 saturated carbocycles. The zero-order valence-electron chi connectivity index (χ0n) is 16.4. The van der Waals surface area contributed by atoms with Gasteiger partial charge in [0, 0.05) is 22.3 Å². The quantitative estimate of drug-likeness (QED) is 0.306. The van der Waals surface area contributed by atoms with E-state index in [-0.39, 0.29) is 12.5 Å². The molecule has 158 valence electrons. The van der Waals surface area contributed by atoms with Crippen molar-refractivity contribution in [1.82, 2.24) is 10.7 Å². The molecule has 0 radical (unpaired) electrons. The highest BCUT2D eigenvalue weighted by molar-refractivity contribution is 9.10. The number of nitrogens with one attached hydrogen (secondary N) is 3. The molecule has 0 fully saturated rings. The van der Waals surface area contributed by atoms with E-state index in [2.05, 4.69) is 37.1 Å². The maximum Gasteiger partial charge on any atom is 0.329 e. The van der Waals surface area contributed by atoms with Crippen molar-refractivity contribution in [3.8, 4) is 11.5 Å². The number of carbonyl (C=O) groups is 3. The first-order valence-electron chi connectivity index (χ1n) is 8.90. The van der Waals surface area contributed by atoms with Crippen LogP contribution >= 0.6 is 15.9 Å². The Kier molecular flexibility index (Phi) is 8.82. The van der Waals surface area contributed by atoms with Crippen LogP contribution in [0.15, 0.2) is 52.0 Å². The smallest absolute Gasteiger partial charge is 0.329 e. The van der Waals surface area contributed by atoms with Crippen LogP contribution in [0, 0.1) is 0 Å². The largest absolute Gasteiger partial charge is 0.497 e. The van der Waals surface area contributed by atoms with Crippen LogP contribution in [0.1, 0.15) is 12.5 Å². The molecule has 0 aliphatic carbocycles. The molecule has 0 atom stereocenters. The van der Waals surface area contributed by atoms with Gasteiger partial charge < -0.3 is 20.1 Å². The second-order valence-corrected chi connectivity index (χ2v) is 6.72. The molecule has 0 heterocycles. The summed E-state index contributed by atoms with van der Waals surface area (Å²) in [6.07, 6.45) is 1.32. The number of benzene rings is 2. The Balaban J connectivity index is 1.96. The van der Waals surface area contributed by atoms with Gasteiger partial charge in [0.25, 0.3) is 5.91 Å². The summed E-state index contributed by atoms with van der Waals surface area (Å²) >= 11 is 3.34. The van der Waals surface area contributed by atoms with Crippen molar-refractivity contribution in [2.24, 2.45) is 5.10 Å². The average molecular weight is 477 g/mol. The van der Waals surface area contributed by atoms with Crippen LogP contribution < -0.4 is 25.5 Å². The van der Waals surface area contributed by atoms with Gasteiger partial charge >= 0.3 is 11.8 Å². The predicted molar refractivity (Wildman–Crippen MR) is 116 cm³/mol. The van der Waals surface area contributed by atoms with Crippen LogP contribution in [0.5, 0.6) is 11.5 Å². The number of hydrazone groups is 1. The lowest BCUT2D eigenvalue weighted by Crippen LogP contribution is -2.37. The molecule has 2 rings (SSSR count). The number of carbonyl (C=O) groups excluding carboxylic acids is 3. The van der Waals surface area contributed by atoms with Gasteiger partial charge in [0.1, 0.15) is 11.5 Å². The summed E-state index contributed by atoms with van der Waals surface area (Å²) in [6, 6.07) is 12.0. The summed E-state index contributed by atoms with van der Waals surface area (Å²) in [5, 5.41) is 8.84. The van der Waals surface area contributed by atoms with Gasteiger partial charge in [0.05, 0.1) is 13.3 Å². The second-order valence-electron chi connectivity index (χ2n) is 5.81. The molecule has 0 spiro atoms. The lowest BCUT2D eigenvalue weighted by atomic mass is 10.2. The fourth-order valence-electron chi connectivity index (χ4n) is 2.22. The van der Waals surface area contributed by atoms with Crippen molar-refractivity contribution in [2.75, 3.05) is 25.6 Å². The van der Waals surface area contributed by atoms with Gasteiger partial charge in [-0.3, -0.25) is 14.4 Å². The number of likely N-dealkylation sites (N-methyl/N-ethyl adjacent to an activating group) is 1. The Labute approximate surface area is 182 Å². The van der Waals surface area contributed by atoms with Crippen LogP contribution in [-0.4, -0.2) is 44.2 Å². The standard InChI is InChI=1S/C20H21BrN4O5/c1-3-22-19(27)20(28)25-23-11-13-10-14(21)4-9-17(13)30-12-18(26)24-15-5-7-16(29-2)8-6-15/h4-11H,3,12H2,1-2H3,(H,22,27)(H,24,26)(H,25,28)/b23-11-. The Morgan fingerprint density at radius 3 is 2.50 bits per heavy atom. The van der Waals surface area contributed by atoms with Gasteiger partial charge in [-0.25, -0.2) is 5.43 Å². The molecule has 2 aromatic rings. The molecule has 0 saturated heterocycles. The van der Waals surface area contributed by atoms with Crippen molar-refractivity contribution in [1.29, 1.82) is 0 Å². The van der Waals surface area contributed by atoms with Gasteiger partial charge in [-0.15, -0.1) is 0 Å². The third-order valence-corrected chi connectivity index (χ3v) is 4.11. The van der Waals surface area contributed by atoms with E-state index in [1.54, 1.807) is 56.5 Å². The number of methoxy groups -OCH3 is 1. The summed E-state index contributed by atoms with van der Waals surface area (Å²) in [7, 11) is 1.56. The van der Waals surface area contributed by atoms with Crippen molar-refractivity contribution >= 4 is 45.6 Å². The van der Waals surface area contributed by atoms with Gasteiger partial charge in [-0.05, 0) is 49.4 Å². The molecule has 0 aliphatic heterocycles. The van der Waals surface area contributed by atoms with E-state index in [1.165, 1.54) is 6.21 Å². The Morgan fingerprint density at radius 2 is 1.83 bits per heavy atom. The highest BCUT2D eigenvalue weighted by Crippen LogP contribution is 2.22. The zero-order valence-corrected chi connectivity index (χ0v) is 18.0. The van der Waals surface area contributed by atoms with E-state index < -0.39 is 11.8 Å². The maximum atomic E-state index is 12.1. The third-order valence-electron chi connectivity index (χ3n) is 3.62. The van der Waals surface area contributed by atoms with Gasteiger partial charge in [0.2, 0.25) is 0 Å². The van der Waals surface area contributed by atoms with Crippen LogP contribution in [-0.2, 0) is 14.4 Å². The van der Waals surface area contributed by atoms with E-state index in [0.717, 1.165) is 4.47 Å². The molecular weight excluding hydrogens is 456 g/mol. The molecule has 3 amide bonds. The number of ether oxygens (including phenoxy) is 2. The van der Waals surface area contributed by atoms with E-state index in [9.17, 15) is 14.4 Å². The predicted octanol–water partition coefficient (Wildman–Crippen LogP) is 2.06. The van der Waals surface area contributed by atoms with Gasteiger partial charge in [-0.1, -0.05) is 15.9 Å². The maximum absolute atomic E-state index is 12.1. The van der Waals surface area contributed by atoms with Crippen LogP contribution in [0.4, 0.5) is 5.69 Å². The number of halogens is 1. The second kappa shape index (κ2) is 11.6. The van der Waals surface area contributed by atoms with Crippen molar-refractivity contribution in [3.05, 3.63) is 52.5 Å². The fourth-order valence-corrected chi connectivity index (χ4v) is 2.60. The number of hydrogen-bond acceptors (Lipinski definition) is 6. The van der Waals surface area contributed by atoms with Crippen LogP contribution in [0.3, 0.4) is 0 Å². The van der Waals surface area contributed by atoms with Crippen LogP contribution in [0.25, 0.3) is 0 Å². The lowest BCUT2D eigenvalue weighted by Gasteiger charge is -2.10. The first kappa shape index (κ1) is 22.9. The van der Waals surface area contributed by atoms with Crippen molar-refractivity contribution in [2.45, 2.75) is 6.92 Å². The first-order valence-corrected chi connectivity index (χ1v) is 9.69. The highest BCUT2D eigenvalue weighted by Gasteiger charge is 2.11. The molecule has 0 bridgehead atoms. The van der Waals surface area contributed by atoms with Crippen molar-refractivity contribution < 1.29 is 23.9 Å². The van der Waals surface area contributed by atoms with Crippen LogP contribution in [0.2, 0.25) is 0 Å². The summed E-state index contributed by atoms with van der Waals surface area (Å²) in [4.78, 5) is 35.1. The Bertz CT molecular complexity index is 931. The molecule has 9 nitrogen and oxygen atoms in total. The molecule has 0 aliphatic rings. The minimum atomic E-state index is -0.885. The van der Waals surface area contributed by atoms with Gasteiger partial charge in [-0.2, -0.15) is 5.10 Å². The zero-order chi connectivity index (χ0) is 21.9. The minimum absolute atomic E-state index is 0.236. The minimum Gasteiger partial charge on any atom is -0.497 e. The normalized spacial score (nSPS) is 10.4.